The molecule has 1 amide bonds. The number of carbonyl (C=O) groups is 1. The molecule has 2 aromatic heterocycles. The molecule has 1 aliphatic heterocycles. The number of rotatable bonds is 3. The Morgan fingerprint density at radius 1 is 1.40 bits per heavy atom. The number of thiazole rings is 1. The Bertz CT molecular complexity index is 919. The first-order valence-electron chi connectivity index (χ1n) is 8.46. The number of hydrogen-bond donors (Lipinski definition) is 1. The molecule has 1 aromatic carbocycles. The van der Waals surface area contributed by atoms with Crippen LogP contribution in [0.5, 0.6) is 0 Å². The van der Waals surface area contributed by atoms with Gasteiger partial charge in [0.2, 0.25) is 5.91 Å². The summed E-state index contributed by atoms with van der Waals surface area (Å²) >= 11 is 1.56. The molecule has 3 aromatic rings. The molecule has 0 bridgehead atoms. The van der Waals surface area contributed by atoms with E-state index < -0.39 is 0 Å². The van der Waals surface area contributed by atoms with Crippen molar-refractivity contribution in [2.75, 3.05) is 6.54 Å². The van der Waals surface area contributed by atoms with E-state index in [0.29, 0.717) is 11.9 Å². The summed E-state index contributed by atoms with van der Waals surface area (Å²) in [7, 11) is 0. The van der Waals surface area contributed by atoms with Gasteiger partial charge in [0.15, 0.2) is 0 Å². The molecule has 1 saturated heterocycles. The fraction of sp³-hybridized carbons (Fsp3) is 0.389. The van der Waals surface area contributed by atoms with Crippen LogP contribution < -0.4 is 0 Å². The van der Waals surface area contributed by atoms with Crippen molar-refractivity contribution in [2.45, 2.75) is 38.6 Å². The second kappa shape index (κ2) is 6.55. The number of hydrogen-bond acceptors (Lipinski definition) is 4. The maximum absolute atomic E-state index is 13.4. The molecular weight excluding hydrogens is 339 g/mol. The summed E-state index contributed by atoms with van der Waals surface area (Å²) < 4.78 is 13.4. The standard InChI is InChI=1S/C18H19FN4OS/c1-11-20-13(10-25-11)9-17(24)23-7-3-2-4-16(23)18-21-14-6-5-12(19)8-15(14)22-18/h5-6,8,10,16H,2-4,7,9H2,1H3,(H,21,22)/t16-/m0/s1. The molecule has 7 heteroatoms. The summed E-state index contributed by atoms with van der Waals surface area (Å²) in [6.07, 6.45) is 3.22. The van der Waals surface area contributed by atoms with E-state index in [2.05, 4.69) is 15.0 Å². The lowest BCUT2D eigenvalue weighted by molar-refractivity contribution is -0.134. The monoisotopic (exact) mass is 358 g/mol. The molecule has 130 valence electrons. The van der Waals surface area contributed by atoms with Gasteiger partial charge in [0.1, 0.15) is 11.6 Å². The number of carbonyl (C=O) groups excluding carboxylic acids is 1. The van der Waals surface area contributed by atoms with Crippen molar-refractivity contribution < 1.29 is 9.18 Å². The number of nitrogens with zero attached hydrogens (tertiary/aromatic N) is 3. The minimum atomic E-state index is -0.293. The lowest BCUT2D eigenvalue weighted by atomic mass is 10.0. The van der Waals surface area contributed by atoms with Crippen LogP contribution in [0.15, 0.2) is 23.6 Å². The maximum atomic E-state index is 13.4. The number of imidazole rings is 1. The van der Waals surface area contributed by atoms with Gasteiger partial charge >= 0.3 is 0 Å². The van der Waals surface area contributed by atoms with Gasteiger partial charge in [-0.2, -0.15) is 0 Å². The quantitative estimate of drug-likeness (QED) is 0.775. The zero-order chi connectivity index (χ0) is 17.4. The van der Waals surface area contributed by atoms with Gasteiger partial charge in [0.05, 0.1) is 34.2 Å². The third-order valence-corrected chi connectivity index (χ3v) is 5.42. The van der Waals surface area contributed by atoms with Crippen LogP contribution in [-0.2, 0) is 11.2 Å². The van der Waals surface area contributed by atoms with Crippen LogP contribution in [0.3, 0.4) is 0 Å². The molecule has 0 radical (unpaired) electrons. The smallest absolute Gasteiger partial charge is 0.229 e. The van der Waals surface area contributed by atoms with Crippen molar-refractivity contribution in [3.05, 3.63) is 45.9 Å². The van der Waals surface area contributed by atoms with Crippen LogP contribution in [0.1, 0.15) is 41.8 Å². The van der Waals surface area contributed by atoms with Gasteiger partial charge in [-0.3, -0.25) is 4.79 Å². The Hall–Kier alpha value is -2.28. The number of amides is 1. The van der Waals surface area contributed by atoms with E-state index in [1.165, 1.54) is 12.1 Å². The van der Waals surface area contributed by atoms with E-state index in [4.69, 9.17) is 0 Å². The molecule has 25 heavy (non-hydrogen) atoms. The van der Waals surface area contributed by atoms with E-state index in [9.17, 15) is 9.18 Å². The summed E-state index contributed by atoms with van der Waals surface area (Å²) in [6.45, 7) is 2.66. The average Bonchev–Trinajstić information content (AvgIpc) is 3.20. The number of benzene rings is 1. The first-order chi connectivity index (χ1) is 12.1. The number of nitrogens with one attached hydrogen (secondary N) is 1. The predicted molar refractivity (Wildman–Crippen MR) is 94.9 cm³/mol. The van der Waals surface area contributed by atoms with Gasteiger partial charge < -0.3 is 9.88 Å². The van der Waals surface area contributed by atoms with E-state index in [-0.39, 0.29) is 17.8 Å². The molecule has 1 fully saturated rings. The number of halogens is 1. The zero-order valence-electron chi connectivity index (χ0n) is 14.0. The molecule has 1 aliphatic rings. The first-order valence-corrected chi connectivity index (χ1v) is 9.34. The summed E-state index contributed by atoms with van der Waals surface area (Å²) in [5.74, 6) is 0.517. The van der Waals surface area contributed by atoms with Crippen molar-refractivity contribution in [1.82, 2.24) is 19.9 Å². The van der Waals surface area contributed by atoms with Crippen molar-refractivity contribution in [1.29, 1.82) is 0 Å². The van der Waals surface area contributed by atoms with Crippen LogP contribution in [-0.4, -0.2) is 32.3 Å². The molecule has 0 aliphatic carbocycles. The number of H-pyrrole nitrogens is 1. The number of fused-ring (bicyclic) bond motifs is 1. The van der Waals surface area contributed by atoms with Crippen LogP contribution >= 0.6 is 11.3 Å². The molecular formula is C18H19FN4OS. The first kappa shape index (κ1) is 16.2. The number of piperidine rings is 1. The molecule has 1 N–H and O–H groups in total. The third kappa shape index (κ3) is 3.28. The van der Waals surface area contributed by atoms with Crippen molar-refractivity contribution in [3.8, 4) is 0 Å². The Balaban J connectivity index is 1.60. The molecule has 5 nitrogen and oxygen atoms in total. The minimum Gasteiger partial charge on any atom is -0.340 e. The highest BCUT2D eigenvalue weighted by molar-refractivity contribution is 7.09. The zero-order valence-corrected chi connectivity index (χ0v) is 14.8. The van der Waals surface area contributed by atoms with Crippen LogP contribution in [0.2, 0.25) is 0 Å². The van der Waals surface area contributed by atoms with Crippen molar-refractivity contribution >= 4 is 28.3 Å². The van der Waals surface area contributed by atoms with E-state index in [0.717, 1.165) is 47.8 Å². The summed E-state index contributed by atoms with van der Waals surface area (Å²) in [5.41, 5.74) is 2.22. The summed E-state index contributed by atoms with van der Waals surface area (Å²) in [6, 6.07) is 4.43. The second-order valence-electron chi connectivity index (χ2n) is 6.42. The number of aromatic amines is 1. The molecule has 1 atom stereocenters. The average molecular weight is 358 g/mol. The van der Waals surface area contributed by atoms with Gasteiger partial charge in [0, 0.05) is 11.9 Å². The number of likely N-dealkylation sites (tertiary alicyclic amines) is 1. The highest BCUT2D eigenvalue weighted by Gasteiger charge is 2.30. The molecule has 0 spiro atoms. The number of aryl methyl sites for hydroxylation is 1. The van der Waals surface area contributed by atoms with Gasteiger partial charge in [-0.1, -0.05) is 0 Å². The largest absolute Gasteiger partial charge is 0.340 e. The number of aromatic nitrogens is 3. The van der Waals surface area contributed by atoms with Gasteiger partial charge in [-0.25, -0.2) is 14.4 Å². The van der Waals surface area contributed by atoms with Gasteiger partial charge in [0.25, 0.3) is 0 Å². The molecule has 3 heterocycles. The van der Waals surface area contributed by atoms with E-state index in [1.54, 1.807) is 17.4 Å². The molecule has 4 rings (SSSR count). The summed E-state index contributed by atoms with van der Waals surface area (Å²) in [5, 5.41) is 2.91. The van der Waals surface area contributed by atoms with Crippen molar-refractivity contribution in [2.24, 2.45) is 0 Å². The Kier molecular flexibility index (Phi) is 4.25. The lowest BCUT2D eigenvalue weighted by Gasteiger charge is -2.34. The Labute approximate surface area is 148 Å². The SMILES string of the molecule is Cc1nc(CC(=O)N2CCCC[C@H]2c2nc3ccc(F)cc3[nH]2)cs1. The summed E-state index contributed by atoms with van der Waals surface area (Å²) in [4.78, 5) is 26.9. The van der Waals surface area contributed by atoms with E-state index in [1.807, 2.05) is 17.2 Å². The highest BCUT2D eigenvalue weighted by Crippen LogP contribution is 2.31. The topological polar surface area (TPSA) is 61.9 Å². The Morgan fingerprint density at radius 3 is 3.08 bits per heavy atom. The third-order valence-electron chi connectivity index (χ3n) is 4.60. The fourth-order valence-corrected chi connectivity index (χ4v) is 4.03. The van der Waals surface area contributed by atoms with Crippen molar-refractivity contribution in [3.63, 3.8) is 0 Å². The minimum absolute atomic E-state index is 0.0710. The molecule has 0 saturated carbocycles. The van der Waals surface area contributed by atoms with Gasteiger partial charge in [-0.15, -0.1) is 11.3 Å². The Morgan fingerprint density at radius 2 is 2.28 bits per heavy atom. The maximum Gasteiger partial charge on any atom is 0.229 e. The van der Waals surface area contributed by atoms with Crippen LogP contribution in [0.4, 0.5) is 4.39 Å². The fourth-order valence-electron chi connectivity index (χ4n) is 3.42. The highest BCUT2D eigenvalue weighted by atomic mass is 32.1. The second-order valence-corrected chi connectivity index (χ2v) is 7.48. The molecule has 0 unspecified atom stereocenters. The van der Waals surface area contributed by atoms with E-state index >= 15 is 0 Å². The van der Waals surface area contributed by atoms with Crippen LogP contribution in [0.25, 0.3) is 11.0 Å². The predicted octanol–water partition coefficient (Wildman–Crippen LogP) is 3.76. The normalized spacial score (nSPS) is 18.0. The van der Waals surface area contributed by atoms with Gasteiger partial charge in [-0.05, 0) is 44.4 Å². The lowest BCUT2D eigenvalue weighted by Crippen LogP contribution is -2.39. The van der Waals surface area contributed by atoms with Crippen LogP contribution in [0, 0.1) is 12.7 Å².